The summed E-state index contributed by atoms with van der Waals surface area (Å²) in [5.74, 6) is 0.892. The molecular weight excluding hydrogens is 433 g/mol. The second kappa shape index (κ2) is 12.0. The highest BCUT2D eigenvalue weighted by molar-refractivity contribution is 14.0. The predicted molar refractivity (Wildman–Crippen MR) is 115 cm³/mol. The Hall–Kier alpha value is -0.470. The SMILES string of the molecule is CCOCc1ccccc1CNC(=NC)NC1CCC(SC)C1.I. The van der Waals surface area contributed by atoms with Gasteiger partial charge in [-0.2, -0.15) is 11.8 Å². The van der Waals surface area contributed by atoms with Crippen LogP contribution in [0.25, 0.3) is 0 Å². The van der Waals surface area contributed by atoms with Crippen molar-refractivity contribution in [3.05, 3.63) is 35.4 Å². The predicted octanol–water partition coefficient (Wildman–Crippen LogP) is 3.79. The van der Waals surface area contributed by atoms with E-state index in [1.54, 1.807) is 0 Å². The molecule has 1 aromatic carbocycles. The number of ether oxygens (including phenoxy) is 1. The Balaban J connectivity index is 0.00000288. The van der Waals surface area contributed by atoms with Crippen LogP contribution in [-0.2, 0) is 17.9 Å². The van der Waals surface area contributed by atoms with E-state index in [0.717, 1.165) is 24.4 Å². The van der Waals surface area contributed by atoms with Crippen LogP contribution in [0.4, 0.5) is 0 Å². The van der Waals surface area contributed by atoms with Crippen molar-refractivity contribution in [1.29, 1.82) is 0 Å². The molecule has 1 aliphatic carbocycles. The number of nitrogens with one attached hydrogen (secondary N) is 2. The lowest BCUT2D eigenvalue weighted by atomic mass is 10.1. The average molecular weight is 463 g/mol. The van der Waals surface area contributed by atoms with E-state index in [4.69, 9.17) is 4.74 Å². The van der Waals surface area contributed by atoms with Crippen molar-refractivity contribution >= 4 is 41.7 Å². The first-order valence-electron chi connectivity index (χ1n) is 8.41. The molecule has 0 radical (unpaired) electrons. The van der Waals surface area contributed by atoms with Gasteiger partial charge in [0.1, 0.15) is 0 Å². The van der Waals surface area contributed by atoms with Gasteiger partial charge in [0, 0.05) is 31.5 Å². The molecule has 6 heteroatoms. The van der Waals surface area contributed by atoms with Gasteiger partial charge in [0.05, 0.1) is 6.61 Å². The molecule has 1 aromatic rings. The topological polar surface area (TPSA) is 45.6 Å². The first-order chi connectivity index (χ1) is 11.3. The van der Waals surface area contributed by atoms with Crippen LogP contribution >= 0.6 is 35.7 Å². The zero-order chi connectivity index (χ0) is 16.5. The van der Waals surface area contributed by atoms with Crippen molar-refractivity contribution in [1.82, 2.24) is 10.6 Å². The molecule has 0 aromatic heterocycles. The zero-order valence-electron chi connectivity index (χ0n) is 14.9. The van der Waals surface area contributed by atoms with E-state index in [9.17, 15) is 0 Å². The van der Waals surface area contributed by atoms with Gasteiger partial charge in [-0.3, -0.25) is 4.99 Å². The van der Waals surface area contributed by atoms with Crippen LogP contribution in [0.3, 0.4) is 0 Å². The van der Waals surface area contributed by atoms with E-state index >= 15 is 0 Å². The fourth-order valence-electron chi connectivity index (χ4n) is 2.94. The van der Waals surface area contributed by atoms with Gasteiger partial charge in [-0.15, -0.1) is 24.0 Å². The van der Waals surface area contributed by atoms with Crippen molar-refractivity contribution in [2.75, 3.05) is 19.9 Å². The Kier molecular flexibility index (Phi) is 10.8. The maximum atomic E-state index is 5.55. The van der Waals surface area contributed by atoms with Crippen LogP contribution in [0, 0.1) is 0 Å². The molecule has 0 amide bonds. The fraction of sp³-hybridized carbons (Fsp3) is 0.611. The molecule has 4 nitrogen and oxygen atoms in total. The molecule has 0 saturated heterocycles. The Bertz CT molecular complexity index is 513. The van der Waals surface area contributed by atoms with Crippen LogP contribution in [-0.4, -0.2) is 37.2 Å². The van der Waals surface area contributed by atoms with E-state index in [-0.39, 0.29) is 24.0 Å². The third kappa shape index (κ3) is 6.80. The molecule has 0 bridgehead atoms. The normalized spacial score (nSPS) is 20.5. The van der Waals surface area contributed by atoms with Crippen molar-refractivity contribution in [2.24, 2.45) is 4.99 Å². The number of benzene rings is 1. The van der Waals surface area contributed by atoms with Crippen LogP contribution in [0.2, 0.25) is 0 Å². The minimum absolute atomic E-state index is 0. The minimum atomic E-state index is 0. The molecule has 2 atom stereocenters. The van der Waals surface area contributed by atoms with Crippen molar-refractivity contribution in [2.45, 2.75) is 50.6 Å². The summed E-state index contributed by atoms with van der Waals surface area (Å²) in [5, 5.41) is 7.79. The number of aliphatic imine (C=N–C) groups is 1. The van der Waals surface area contributed by atoms with E-state index < -0.39 is 0 Å². The molecule has 2 N–H and O–H groups in total. The third-order valence-electron chi connectivity index (χ3n) is 4.31. The number of rotatable bonds is 7. The number of hydrogen-bond donors (Lipinski definition) is 2. The van der Waals surface area contributed by atoms with Gasteiger partial charge in [0.25, 0.3) is 0 Å². The standard InChI is InChI=1S/C18H29N3OS.HI/c1-4-22-13-15-8-6-5-7-14(15)12-20-18(19-2)21-16-9-10-17(11-16)23-3;/h5-8,16-17H,4,9-13H2,1-3H3,(H2,19,20,21);1H. The molecule has 0 aliphatic heterocycles. The van der Waals surface area contributed by atoms with E-state index in [2.05, 4.69) is 46.1 Å². The van der Waals surface area contributed by atoms with Gasteiger partial charge in [0.15, 0.2) is 5.96 Å². The summed E-state index contributed by atoms with van der Waals surface area (Å²) in [6.45, 7) is 4.19. The second-order valence-corrected chi connectivity index (χ2v) is 6.98. The van der Waals surface area contributed by atoms with Gasteiger partial charge in [-0.1, -0.05) is 24.3 Å². The van der Waals surface area contributed by atoms with Gasteiger partial charge in [0.2, 0.25) is 0 Å². The first-order valence-corrected chi connectivity index (χ1v) is 9.70. The van der Waals surface area contributed by atoms with Gasteiger partial charge < -0.3 is 15.4 Å². The second-order valence-electron chi connectivity index (χ2n) is 5.84. The smallest absolute Gasteiger partial charge is 0.191 e. The van der Waals surface area contributed by atoms with E-state index in [0.29, 0.717) is 12.6 Å². The van der Waals surface area contributed by atoms with Crippen molar-refractivity contribution in [3.63, 3.8) is 0 Å². The molecule has 0 spiro atoms. The quantitative estimate of drug-likeness (QED) is 0.367. The minimum Gasteiger partial charge on any atom is -0.377 e. The highest BCUT2D eigenvalue weighted by Gasteiger charge is 2.24. The Morgan fingerprint density at radius 2 is 2.04 bits per heavy atom. The van der Waals surface area contributed by atoms with E-state index in [1.165, 1.54) is 30.4 Å². The Labute approximate surface area is 167 Å². The number of guanidine groups is 1. The highest BCUT2D eigenvalue weighted by Crippen LogP contribution is 2.28. The molecular formula is C18H30IN3OS. The molecule has 2 rings (SSSR count). The summed E-state index contributed by atoms with van der Waals surface area (Å²) < 4.78 is 5.55. The van der Waals surface area contributed by atoms with E-state index in [1.807, 2.05) is 25.7 Å². The summed E-state index contributed by atoms with van der Waals surface area (Å²) in [5.41, 5.74) is 2.50. The lowest BCUT2D eigenvalue weighted by molar-refractivity contribution is 0.133. The monoisotopic (exact) mass is 463 g/mol. The Morgan fingerprint density at radius 1 is 1.29 bits per heavy atom. The molecule has 1 saturated carbocycles. The lowest BCUT2D eigenvalue weighted by Crippen LogP contribution is -2.42. The van der Waals surface area contributed by atoms with Gasteiger partial charge in [-0.05, 0) is 43.6 Å². The first kappa shape index (κ1) is 21.6. The van der Waals surface area contributed by atoms with Crippen molar-refractivity contribution in [3.8, 4) is 0 Å². The zero-order valence-corrected chi connectivity index (χ0v) is 18.0. The van der Waals surface area contributed by atoms with Crippen LogP contribution in [0.5, 0.6) is 0 Å². The van der Waals surface area contributed by atoms with Crippen LogP contribution < -0.4 is 10.6 Å². The van der Waals surface area contributed by atoms with Gasteiger partial charge >= 0.3 is 0 Å². The maximum Gasteiger partial charge on any atom is 0.191 e. The highest BCUT2D eigenvalue weighted by atomic mass is 127. The lowest BCUT2D eigenvalue weighted by Gasteiger charge is -2.18. The number of hydrogen-bond acceptors (Lipinski definition) is 3. The summed E-state index contributed by atoms with van der Waals surface area (Å²) in [7, 11) is 1.84. The number of thioether (sulfide) groups is 1. The fourth-order valence-corrected chi connectivity index (χ4v) is 3.73. The molecule has 0 heterocycles. The number of nitrogens with zero attached hydrogens (tertiary/aromatic N) is 1. The largest absolute Gasteiger partial charge is 0.377 e. The third-order valence-corrected chi connectivity index (χ3v) is 5.40. The van der Waals surface area contributed by atoms with Gasteiger partial charge in [-0.25, -0.2) is 0 Å². The van der Waals surface area contributed by atoms with Crippen LogP contribution in [0.1, 0.15) is 37.3 Å². The molecule has 136 valence electrons. The average Bonchev–Trinajstić information content (AvgIpc) is 3.05. The summed E-state index contributed by atoms with van der Waals surface area (Å²) in [4.78, 5) is 4.37. The van der Waals surface area contributed by atoms with Crippen molar-refractivity contribution < 1.29 is 4.74 Å². The molecule has 2 unspecified atom stereocenters. The number of halogens is 1. The molecule has 1 aliphatic rings. The summed E-state index contributed by atoms with van der Waals surface area (Å²) >= 11 is 1.98. The maximum absolute atomic E-state index is 5.55. The summed E-state index contributed by atoms with van der Waals surface area (Å²) in [6, 6.07) is 8.95. The molecule has 1 fully saturated rings. The Morgan fingerprint density at radius 3 is 2.67 bits per heavy atom. The van der Waals surface area contributed by atoms with Crippen LogP contribution in [0.15, 0.2) is 29.3 Å². The summed E-state index contributed by atoms with van der Waals surface area (Å²) in [6.07, 6.45) is 5.96. The molecule has 24 heavy (non-hydrogen) atoms.